The maximum atomic E-state index is 6.37. The minimum absolute atomic E-state index is 0.243. The minimum atomic E-state index is 0.243. The van der Waals surface area contributed by atoms with E-state index in [9.17, 15) is 0 Å². The van der Waals surface area contributed by atoms with E-state index in [-0.39, 0.29) is 6.04 Å². The van der Waals surface area contributed by atoms with E-state index in [0.717, 1.165) is 36.5 Å². The first-order chi connectivity index (χ1) is 14.6. The summed E-state index contributed by atoms with van der Waals surface area (Å²) in [5.74, 6) is 0.900. The number of nitrogens with two attached hydrogens (primary N) is 1. The van der Waals surface area contributed by atoms with E-state index in [2.05, 4.69) is 71.1 Å². The van der Waals surface area contributed by atoms with Gasteiger partial charge in [-0.2, -0.15) is 0 Å². The van der Waals surface area contributed by atoms with Gasteiger partial charge in [0.1, 0.15) is 5.82 Å². The molecule has 2 aliphatic carbocycles. The minimum Gasteiger partial charge on any atom is -0.381 e. The van der Waals surface area contributed by atoms with Crippen LogP contribution in [0.2, 0.25) is 0 Å². The number of aromatic nitrogens is 1. The van der Waals surface area contributed by atoms with Crippen LogP contribution in [0.25, 0.3) is 11.1 Å². The predicted molar refractivity (Wildman–Crippen MR) is 126 cm³/mol. The van der Waals surface area contributed by atoms with Crippen LogP contribution in [-0.4, -0.2) is 17.1 Å². The first kappa shape index (κ1) is 19.1. The number of hydrogen-bond donors (Lipinski definition) is 3. The van der Waals surface area contributed by atoms with Gasteiger partial charge in [-0.15, -0.1) is 0 Å². The first-order valence-electron chi connectivity index (χ1n) is 11.1. The van der Waals surface area contributed by atoms with Crippen LogP contribution in [0.1, 0.15) is 48.1 Å². The Hall–Kier alpha value is -2.85. The van der Waals surface area contributed by atoms with Crippen molar-refractivity contribution >= 4 is 17.2 Å². The Balaban J connectivity index is 1.48. The molecule has 0 bridgehead atoms. The molecule has 4 heteroatoms. The van der Waals surface area contributed by atoms with Gasteiger partial charge in [0.15, 0.2) is 0 Å². The fraction of sp³-hybridized carbons (Fsp3) is 0.346. The third kappa shape index (κ3) is 3.68. The molecule has 4 N–H and O–H groups in total. The molecule has 0 radical (unpaired) electrons. The molecule has 4 nitrogen and oxygen atoms in total. The van der Waals surface area contributed by atoms with E-state index < -0.39 is 0 Å². The van der Waals surface area contributed by atoms with Crippen molar-refractivity contribution in [1.82, 2.24) is 4.98 Å². The lowest BCUT2D eigenvalue weighted by Gasteiger charge is -2.30. The molecule has 0 aliphatic heterocycles. The molecule has 1 heterocycles. The van der Waals surface area contributed by atoms with E-state index in [0.29, 0.717) is 6.04 Å². The van der Waals surface area contributed by atoms with Gasteiger partial charge in [0.2, 0.25) is 0 Å². The lowest BCUT2D eigenvalue weighted by atomic mass is 9.90. The molecule has 2 aromatic carbocycles. The Morgan fingerprint density at radius 1 is 0.967 bits per heavy atom. The van der Waals surface area contributed by atoms with Gasteiger partial charge in [0, 0.05) is 34.7 Å². The molecular formula is C26H30N4. The number of anilines is 3. The van der Waals surface area contributed by atoms with Gasteiger partial charge in [0.05, 0.1) is 0 Å². The number of aryl methyl sites for hydroxylation is 2. The first-order valence-corrected chi connectivity index (χ1v) is 11.1. The van der Waals surface area contributed by atoms with E-state index in [1.54, 1.807) is 0 Å². The van der Waals surface area contributed by atoms with Crippen LogP contribution in [0.15, 0.2) is 48.5 Å². The van der Waals surface area contributed by atoms with Crippen LogP contribution in [0.4, 0.5) is 17.2 Å². The normalized spacial score (nSPS) is 19.8. The summed E-state index contributed by atoms with van der Waals surface area (Å²) in [4.78, 5) is 4.68. The highest BCUT2D eigenvalue weighted by atomic mass is 15.0. The van der Waals surface area contributed by atoms with Gasteiger partial charge in [0.25, 0.3) is 0 Å². The maximum Gasteiger partial charge on any atom is 0.130 e. The van der Waals surface area contributed by atoms with Crippen molar-refractivity contribution in [2.24, 2.45) is 5.73 Å². The molecular weight excluding hydrogens is 368 g/mol. The Morgan fingerprint density at radius 2 is 1.83 bits per heavy atom. The third-order valence-corrected chi connectivity index (χ3v) is 6.44. The molecule has 1 fully saturated rings. The maximum absolute atomic E-state index is 6.37. The van der Waals surface area contributed by atoms with E-state index in [1.807, 2.05) is 6.92 Å². The molecule has 154 valence electrons. The molecule has 0 saturated heterocycles. The van der Waals surface area contributed by atoms with Crippen molar-refractivity contribution in [2.45, 2.75) is 58.0 Å². The monoisotopic (exact) mass is 398 g/mol. The Bertz CT molecular complexity index is 1070. The average Bonchev–Trinajstić information content (AvgIpc) is 3.08. The number of nitrogens with zero attached hydrogens (tertiary/aromatic N) is 1. The zero-order chi connectivity index (χ0) is 20.7. The lowest BCUT2D eigenvalue weighted by molar-refractivity contribution is 0.404. The van der Waals surface area contributed by atoms with Crippen LogP contribution < -0.4 is 16.4 Å². The van der Waals surface area contributed by atoms with Crippen LogP contribution in [0, 0.1) is 13.8 Å². The number of rotatable bonds is 4. The number of fused-ring (bicyclic) bond motifs is 3. The zero-order valence-electron chi connectivity index (χ0n) is 17.8. The second-order valence-electron chi connectivity index (χ2n) is 8.88. The molecule has 0 amide bonds. The molecule has 1 saturated carbocycles. The third-order valence-electron chi connectivity index (χ3n) is 6.44. The summed E-state index contributed by atoms with van der Waals surface area (Å²) in [5, 5.41) is 7.30. The molecule has 30 heavy (non-hydrogen) atoms. The average molecular weight is 399 g/mol. The van der Waals surface area contributed by atoms with Gasteiger partial charge in [-0.05, 0) is 85.7 Å². The molecule has 2 aliphatic rings. The topological polar surface area (TPSA) is 63.0 Å². The fourth-order valence-corrected chi connectivity index (χ4v) is 5.02. The van der Waals surface area contributed by atoms with Gasteiger partial charge >= 0.3 is 0 Å². The quantitative estimate of drug-likeness (QED) is 0.413. The molecule has 3 aromatic rings. The van der Waals surface area contributed by atoms with Crippen molar-refractivity contribution in [3.05, 3.63) is 70.9 Å². The molecule has 5 rings (SSSR count). The molecule has 0 unspecified atom stereocenters. The predicted octanol–water partition coefficient (Wildman–Crippen LogP) is 5.70. The summed E-state index contributed by atoms with van der Waals surface area (Å²) >= 11 is 0. The van der Waals surface area contributed by atoms with Crippen molar-refractivity contribution in [2.75, 3.05) is 10.6 Å². The zero-order valence-corrected chi connectivity index (χ0v) is 17.8. The Labute approximate surface area is 178 Å². The summed E-state index contributed by atoms with van der Waals surface area (Å²) in [5.41, 5.74) is 16.3. The Morgan fingerprint density at radius 3 is 2.67 bits per heavy atom. The highest BCUT2D eigenvalue weighted by Crippen LogP contribution is 2.43. The van der Waals surface area contributed by atoms with Crippen molar-refractivity contribution in [3.63, 3.8) is 0 Å². The Kier molecular flexibility index (Phi) is 4.95. The van der Waals surface area contributed by atoms with E-state index >= 15 is 0 Å². The summed E-state index contributed by atoms with van der Waals surface area (Å²) < 4.78 is 0. The SMILES string of the molecule is Cc1cc(C)nc(Nc2cccc3c2-c2cc(N[C@@H]4CCCC[C@@H]4N)ccc2C3)c1. The van der Waals surface area contributed by atoms with Gasteiger partial charge in [-0.1, -0.05) is 31.0 Å². The number of nitrogens with one attached hydrogen (secondary N) is 2. The van der Waals surface area contributed by atoms with Crippen molar-refractivity contribution in [3.8, 4) is 11.1 Å². The summed E-state index contributed by atoms with van der Waals surface area (Å²) in [7, 11) is 0. The standard InChI is InChI=1S/C26H30N4/c1-16-12-17(2)28-25(13-16)30-24-9-5-6-19-14-18-10-11-20(15-21(18)26(19)24)29-23-8-4-3-7-22(23)27/h5-6,9-13,15,22-23,29H,3-4,7-8,14,27H2,1-2H3,(H,28,30)/t22-,23+/m0/s1. The van der Waals surface area contributed by atoms with Crippen LogP contribution in [0.5, 0.6) is 0 Å². The van der Waals surface area contributed by atoms with Gasteiger partial charge < -0.3 is 16.4 Å². The number of pyridine rings is 1. The second-order valence-corrected chi connectivity index (χ2v) is 8.88. The fourth-order valence-electron chi connectivity index (χ4n) is 5.02. The summed E-state index contributed by atoms with van der Waals surface area (Å²) in [6, 6.07) is 18.1. The van der Waals surface area contributed by atoms with Crippen LogP contribution in [0.3, 0.4) is 0 Å². The highest BCUT2D eigenvalue weighted by molar-refractivity contribution is 5.89. The highest BCUT2D eigenvalue weighted by Gasteiger charge is 2.24. The summed E-state index contributed by atoms with van der Waals surface area (Å²) in [6.45, 7) is 4.15. The van der Waals surface area contributed by atoms with Gasteiger partial charge in [-0.3, -0.25) is 0 Å². The van der Waals surface area contributed by atoms with Crippen LogP contribution in [-0.2, 0) is 6.42 Å². The molecule has 1 aromatic heterocycles. The summed E-state index contributed by atoms with van der Waals surface area (Å²) in [6.07, 6.45) is 5.75. The van der Waals surface area contributed by atoms with Gasteiger partial charge in [-0.25, -0.2) is 4.98 Å². The molecule has 2 atom stereocenters. The number of hydrogen-bond acceptors (Lipinski definition) is 4. The number of benzene rings is 2. The smallest absolute Gasteiger partial charge is 0.130 e. The largest absolute Gasteiger partial charge is 0.381 e. The van der Waals surface area contributed by atoms with E-state index in [4.69, 9.17) is 5.73 Å². The van der Waals surface area contributed by atoms with E-state index in [1.165, 1.54) is 46.3 Å². The van der Waals surface area contributed by atoms with Crippen molar-refractivity contribution < 1.29 is 0 Å². The lowest BCUT2D eigenvalue weighted by Crippen LogP contribution is -2.42. The second kappa shape index (κ2) is 7.77. The van der Waals surface area contributed by atoms with Crippen molar-refractivity contribution in [1.29, 1.82) is 0 Å². The molecule has 0 spiro atoms. The van der Waals surface area contributed by atoms with Crippen LogP contribution >= 0.6 is 0 Å².